The van der Waals surface area contributed by atoms with Crippen molar-refractivity contribution in [3.8, 4) is 0 Å². The number of guanidine groups is 1. The first-order valence-electron chi connectivity index (χ1n) is 8.60. The number of sulfonamides is 1. The van der Waals surface area contributed by atoms with E-state index in [1.54, 1.807) is 16.1 Å². The zero-order valence-corrected chi connectivity index (χ0v) is 19.6. The van der Waals surface area contributed by atoms with Crippen molar-refractivity contribution in [1.29, 1.82) is 0 Å². The van der Waals surface area contributed by atoms with Gasteiger partial charge in [0.1, 0.15) is 0 Å². The number of halogens is 1. The molecule has 9 heteroatoms. The summed E-state index contributed by atoms with van der Waals surface area (Å²) in [6.07, 6.45) is 2.79. The van der Waals surface area contributed by atoms with Crippen molar-refractivity contribution in [2.45, 2.75) is 31.7 Å². The van der Waals surface area contributed by atoms with Gasteiger partial charge in [0.2, 0.25) is 10.0 Å². The highest BCUT2D eigenvalue weighted by molar-refractivity contribution is 14.0. The van der Waals surface area contributed by atoms with E-state index in [0.29, 0.717) is 32.1 Å². The van der Waals surface area contributed by atoms with E-state index in [2.05, 4.69) is 47.0 Å². The molecule has 0 radical (unpaired) electrons. The molecule has 0 unspecified atom stereocenters. The van der Waals surface area contributed by atoms with E-state index in [9.17, 15) is 8.42 Å². The van der Waals surface area contributed by atoms with Gasteiger partial charge >= 0.3 is 0 Å². The Morgan fingerprint density at radius 1 is 1.35 bits per heavy atom. The molecule has 1 aromatic rings. The summed E-state index contributed by atoms with van der Waals surface area (Å²) in [7, 11) is -3.04. The summed E-state index contributed by atoms with van der Waals surface area (Å²) in [5, 5.41) is 6.44. The Morgan fingerprint density at radius 2 is 2.12 bits per heavy atom. The van der Waals surface area contributed by atoms with E-state index < -0.39 is 10.0 Å². The number of nitrogens with zero attached hydrogens (tertiary/aromatic N) is 2. The SMILES string of the molecule is CCNC(=NCc1ccc(C)cc1SC)NCCN1CCCS1(=O)=O.I. The summed E-state index contributed by atoms with van der Waals surface area (Å²) in [6.45, 7) is 7.11. The summed E-state index contributed by atoms with van der Waals surface area (Å²) < 4.78 is 25.2. The van der Waals surface area contributed by atoms with Crippen LogP contribution < -0.4 is 10.6 Å². The summed E-state index contributed by atoms with van der Waals surface area (Å²) >= 11 is 1.73. The number of aryl methyl sites for hydroxylation is 1. The molecular formula is C17H29IN4O2S2. The molecule has 0 saturated carbocycles. The molecule has 2 N–H and O–H groups in total. The molecule has 1 saturated heterocycles. The van der Waals surface area contributed by atoms with Crippen molar-refractivity contribution >= 4 is 51.7 Å². The van der Waals surface area contributed by atoms with Gasteiger partial charge in [0.25, 0.3) is 0 Å². The average molecular weight is 512 g/mol. The number of rotatable bonds is 7. The average Bonchev–Trinajstić information content (AvgIpc) is 2.91. The zero-order chi connectivity index (χ0) is 18.3. The number of thioether (sulfide) groups is 1. The highest BCUT2D eigenvalue weighted by Crippen LogP contribution is 2.22. The van der Waals surface area contributed by atoms with Crippen molar-refractivity contribution < 1.29 is 8.42 Å². The van der Waals surface area contributed by atoms with Gasteiger partial charge in [-0.15, -0.1) is 35.7 Å². The van der Waals surface area contributed by atoms with Crippen LogP contribution in [0.5, 0.6) is 0 Å². The molecule has 0 spiro atoms. The minimum atomic E-state index is -3.04. The van der Waals surface area contributed by atoms with E-state index in [1.165, 1.54) is 16.0 Å². The molecule has 26 heavy (non-hydrogen) atoms. The standard InChI is InChI=1S/C17H28N4O2S2.HI/c1-4-18-17(19-8-10-21-9-5-11-25(21,22)23)20-13-15-7-6-14(2)12-16(15)24-3;/h6-7,12H,4-5,8-11,13H2,1-3H3,(H2,18,19,20);1H. The van der Waals surface area contributed by atoms with E-state index in [4.69, 9.17) is 0 Å². The molecule has 0 aromatic heterocycles. The Labute approximate surface area is 178 Å². The van der Waals surface area contributed by atoms with Crippen LogP contribution in [0.4, 0.5) is 0 Å². The van der Waals surface area contributed by atoms with Gasteiger partial charge in [0.15, 0.2) is 5.96 Å². The van der Waals surface area contributed by atoms with E-state index in [0.717, 1.165) is 13.0 Å². The van der Waals surface area contributed by atoms with Crippen LogP contribution in [-0.4, -0.2) is 56.9 Å². The van der Waals surface area contributed by atoms with Crippen molar-refractivity contribution in [1.82, 2.24) is 14.9 Å². The predicted octanol–water partition coefficient (Wildman–Crippen LogP) is 2.43. The molecule has 0 bridgehead atoms. The minimum absolute atomic E-state index is 0. The third kappa shape index (κ3) is 6.90. The smallest absolute Gasteiger partial charge is 0.214 e. The lowest BCUT2D eigenvalue weighted by atomic mass is 10.1. The summed E-state index contributed by atoms with van der Waals surface area (Å²) in [4.78, 5) is 5.87. The predicted molar refractivity (Wildman–Crippen MR) is 121 cm³/mol. The monoisotopic (exact) mass is 512 g/mol. The van der Waals surface area contributed by atoms with Crippen LogP contribution in [0.1, 0.15) is 24.5 Å². The van der Waals surface area contributed by atoms with Crippen molar-refractivity contribution in [3.05, 3.63) is 29.3 Å². The molecule has 148 valence electrons. The molecule has 1 aliphatic heterocycles. The second kappa shape index (κ2) is 11.4. The summed E-state index contributed by atoms with van der Waals surface area (Å²) in [6, 6.07) is 6.39. The third-order valence-corrected chi connectivity index (χ3v) is 6.83. The largest absolute Gasteiger partial charge is 0.357 e. The van der Waals surface area contributed by atoms with Gasteiger partial charge in [-0.25, -0.2) is 17.7 Å². The van der Waals surface area contributed by atoms with Crippen molar-refractivity contribution in [3.63, 3.8) is 0 Å². The molecule has 0 amide bonds. The Kier molecular flexibility index (Phi) is 10.3. The van der Waals surface area contributed by atoms with E-state index in [1.807, 2.05) is 6.92 Å². The minimum Gasteiger partial charge on any atom is -0.357 e. The first-order chi connectivity index (χ1) is 12.0. The van der Waals surface area contributed by atoms with Crippen LogP contribution in [0.15, 0.2) is 28.1 Å². The highest BCUT2D eigenvalue weighted by atomic mass is 127. The van der Waals surface area contributed by atoms with E-state index >= 15 is 0 Å². The Hall–Kier alpha value is -0.520. The van der Waals surface area contributed by atoms with Crippen LogP contribution in [0.25, 0.3) is 0 Å². The van der Waals surface area contributed by atoms with Gasteiger partial charge in [-0.1, -0.05) is 12.1 Å². The topological polar surface area (TPSA) is 73.8 Å². The maximum atomic E-state index is 11.8. The first-order valence-corrected chi connectivity index (χ1v) is 11.4. The molecule has 6 nitrogen and oxygen atoms in total. The second-order valence-corrected chi connectivity index (χ2v) is 8.94. The number of nitrogens with one attached hydrogen (secondary N) is 2. The van der Waals surface area contributed by atoms with Gasteiger partial charge in [-0.05, 0) is 43.7 Å². The normalized spacial score (nSPS) is 17.0. The van der Waals surface area contributed by atoms with Gasteiger partial charge in [0, 0.05) is 31.1 Å². The van der Waals surface area contributed by atoms with Gasteiger partial charge in [0.05, 0.1) is 12.3 Å². The fourth-order valence-electron chi connectivity index (χ4n) is 2.73. The molecular weight excluding hydrogens is 483 g/mol. The number of hydrogen-bond donors (Lipinski definition) is 2. The quantitative estimate of drug-likeness (QED) is 0.254. The number of benzene rings is 1. The van der Waals surface area contributed by atoms with Crippen LogP contribution in [0, 0.1) is 6.92 Å². The molecule has 1 heterocycles. The lowest BCUT2D eigenvalue weighted by molar-refractivity contribution is 0.445. The summed E-state index contributed by atoms with van der Waals surface area (Å²) in [5.41, 5.74) is 2.44. The van der Waals surface area contributed by atoms with Crippen molar-refractivity contribution in [2.75, 3.05) is 38.2 Å². The van der Waals surface area contributed by atoms with Crippen LogP contribution in [0.3, 0.4) is 0 Å². The van der Waals surface area contributed by atoms with Crippen LogP contribution >= 0.6 is 35.7 Å². The molecule has 1 aliphatic rings. The first kappa shape index (κ1) is 23.5. The fraction of sp³-hybridized carbons (Fsp3) is 0.588. The molecule has 2 rings (SSSR count). The second-order valence-electron chi connectivity index (χ2n) is 6.01. The molecule has 0 aliphatic carbocycles. The lowest BCUT2D eigenvalue weighted by Crippen LogP contribution is -2.42. The third-order valence-electron chi connectivity index (χ3n) is 4.05. The van der Waals surface area contributed by atoms with E-state index in [-0.39, 0.29) is 29.7 Å². The van der Waals surface area contributed by atoms with Gasteiger partial charge in [-0.3, -0.25) is 0 Å². The maximum Gasteiger partial charge on any atom is 0.214 e. The lowest BCUT2D eigenvalue weighted by Gasteiger charge is -2.16. The maximum absolute atomic E-state index is 11.8. The number of hydrogen-bond acceptors (Lipinski definition) is 4. The zero-order valence-electron chi connectivity index (χ0n) is 15.6. The highest BCUT2D eigenvalue weighted by Gasteiger charge is 2.27. The summed E-state index contributed by atoms with van der Waals surface area (Å²) in [5.74, 6) is 0.984. The number of aliphatic imine (C=N–C) groups is 1. The van der Waals surface area contributed by atoms with Gasteiger partial charge < -0.3 is 10.6 Å². The Morgan fingerprint density at radius 3 is 2.73 bits per heavy atom. The van der Waals surface area contributed by atoms with Crippen LogP contribution in [0.2, 0.25) is 0 Å². The van der Waals surface area contributed by atoms with Gasteiger partial charge in [-0.2, -0.15) is 0 Å². The molecule has 0 atom stereocenters. The molecule has 1 fully saturated rings. The fourth-order valence-corrected chi connectivity index (χ4v) is 4.96. The van der Waals surface area contributed by atoms with Crippen molar-refractivity contribution in [2.24, 2.45) is 4.99 Å². The molecule has 1 aromatic carbocycles. The van der Waals surface area contributed by atoms with Crippen LogP contribution in [-0.2, 0) is 16.6 Å². The Balaban J connectivity index is 0.00000338. The Bertz CT molecular complexity index is 711.